The fourth-order valence-corrected chi connectivity index (χ4v) is 4.73. The number of ether oxygens (including phenoxy) is 1. The zero-order valence-corrected chi connectivity index (χ0v) is 13.3. The molecule has 0 aromatic heterocycles. The van der Waals surface area contributed by atoms with Gasteiger partial charge >= 0.3 is 0 Å². The Kier molecular flexibility index (Phi) is 4.48. The van der Waals surface area contributed by atoms with E-state index < -0.39 is 10.0 Å². The second-order valence-corrected chi connectivity index (χ2v) is 8.02. The van der Waals surface area contributed by atoms with E-state index in [1.165, 1.54) is 0 Å². The SMILES string of the molecule is N#Cc1cccc(CS(=O)(=O)N(CC2CCOC2)C2CC2)c1. The summed E-state index contributed by atoms with van der Waals surface area (Å²) >= 11 is 0. The lowest BCUT2D eigenvalue weighted by molar-refractivity contribution is 0.180. The smallest absolute Gasteiger partial charge is 0.218 e. The van der Waals surface area contributed by atoms with Crippen molar-refractivity contribution < 1.29 is 13.2 Å². The molecule has 2 aliphatic rings. The van der Waals surface area contributed by atoms with Gasteiger partial charge in [0.1, 0.15) is 0 Å². The molecule has 1 aromatic rings. The van der Waals surface area contributed by atoms with E-state index in [1.807, 2.05) is 0 Å². The fourth-order valence-electron chi connectivity index (χ4n) is 2.86. The van der Waals surface area contributed by atoms with Gasteiger partial charge in [-0.2, -0.15) is 9.57 Å². The summed E-state index contributed by atoms with van der Waals surface area (Å²) in [6, 6.07) is 9.05. The highest BCUT2D eigenvalue weighted by Gasteiger charge is 2.38. The third kappa shape index (κ3) is 3.67. The molecule has 0 N–H and O–H groups in total. The first-order valence-corrected chi connectivity index (χ1v) is 9.26. The molecule has 2 fully saturated rings. The Labute approximate surface area is 131 Å². The van der Waals surface area contributed by atoms with Crippen LogP contribution in [0.3, 0.4) is 0 Å². The molecule has 1 aliphatic carbocycles. The third-order valence-corrected chi connectivity index (χ3v) is 6.04. The second-order valence-electron chi connectivity index (χ2n) is 6.10. The zero-order valence-electron chi connectivity index (χ0n) is 12.4. The minimum atomic E-state index is -3.36. The van der Waals surface area contributed by atoms with E-state index in [9.17, 15) is 8.42 Å². The van der Waals surface area contributed by atoms with Crippen molar-refractivity contribution in [2.24, 2.45) is 5.92 Å². The van der Waals surface area contributed by atoms with Crippen LogP contribution in [0.15, 0.2) is 24.3 Å². The lowest BCUT2D eigenvalue weighted by Gasteiger charge is -2.24. The normalized spacial score (nSPS) is 21.9. The minimum absolute atomic E-state index is 0.0351. The molecule has 1 unspecified atom stereocenters. The molecular weight excluding hydrogens is 300 g/mol. The number of nitrogens with zero attached hydrogens (tertiary/aromatic N) is 2. The van der Waals surface area contributed by atoms with E-state index in [0.29, 0.717) is 30.2 Å². The standard InChI is InChI=1S/C16H20N2O3S/c17-9-13-2-1-3-14(8-13)12-22(19,20)18(16-4-5-16)10-15-6-7-21-11-15/h1-3,8,15-16H,4-7,10-12H2. The zero-order chi connectivity index (χ0) is 15.6. The van der Waals surface area contributed by atoms with Gasteiger partial charge in [-0.25, -0.2) is 8.42 Å². The van der Waals surface area contributed by atoms with Crippen molar-refractivity contribution in [3.63, 3.8) is 0 Å². The Morgan fingerprint density at radius 3 is 2.77 bits per heavy atom. The first-order chi connectivity index (χ1) is 10.6. The summed E-state index contributed by atoms with van der Waals surface area (Å²) in [5.74, 6) is 0.271. The molecular formula is C16H20N2O3S. The maximum Gasteiger partial charge on any atom is 0.218 e. The Morgan fingerprint density at radius 1 is 1.32 bits per heavy atom. The summed E-state index contributed by atoms with van der Waals surface area (Å²) in [4.78, 5) is 0. The van der Waals surface area contributed by atoms with Crippen molar-refractivity contribution in [1.82, 2.24) is 4.31 Å². The number of rotatable bonds is 6. The molecule has 118 valence electrons. The predicted molar refractivity (Wildman–Crippen MR) is 82.4 cm³/mol. The van der Waals surface area contributed by atoms with Gasteiger partial charge in [0.2, 0.25) is 10.0 Å². The molecule has 0 spiro atoms. The van der Waals surface area contributed by atoms with Crippen LogP contribution in [0.1, 0.15) is 30.4 Å². The number of hydrogen-bond donors (Lipinski definition) is 0. The van der Waals surface area contributed by atoms with Crippen LogP contribution >= 0.6 is 0 Å². The molecule has 3 rings (SSSR count). The molecule has 6 heteroatoms. The molecule has 0 bridgehead atoms. The fraction of sp³-hybridized carbons (Fsp3) is 0.562. The van der Waals surface area contributed by atoms with Gasteiger partial charge < -0.3 is 4.74 Å². The summed E-state index contributed by atoms with van der Waals surface area (Å²) in [7, 11) is -3.36. The number of nitriles is 1. The predicted octanol–water partition coefficient (Wildman–Crippen LogP) is 1.89. The van der Waals surface area contributed by atoms with Crippen LogP contribution in [0.5, 0.6) is 0 Å². The van der Waals surface area contributed by atoms with E-state index in [1.54, 1.807) is 28.6 Å². The molecule has 0 radical (unpaired) electrons. The van der Waals surface area contributed by atoms with Crippen molar-refractivity contribution >= 4 is 10.0 Å². The van der Waals surface area contributed by atoms with Gasteiger partial charge in [0, 0.05) is 19.2 Å². The van der Waals surface area contributed by atoms with Crippen LogP contribution in [0.25, 0.3) is 0 Å². The Hall–Kier alpha value is -1.42. The highest BCUT2D eigenvalue weighted by molar-refractivity contribution is 7.88. The molecule has 5 nitrogen and oxygen atoms in total. The maximum absolute atomic E-state index is 12.8. The number of sulfonamides is 1. The van der Waals surface area contributed by atoms with Gasteiger partial charge in [-0.05, 0) is 42.9 Å². The van der Waals surface area contributed by atoms with Gasteiger partial charge in [-0.15, -0.1) is 0 Å². The topological polar surface area (TPSA) is 70.4 Å². The van der Waals surface area contributed by atoms with Crippen molar-refractivity contribution in [2.45, 2.75) is 31.1 Å². The average Bonchev–Trinajstić information content (AvgIpc) is 3.20. The molecule has 0 amide bonds. The van der Waals surface area contributed by atoms with Crippen LogP contribution in [-0.4, -0.2) is 38.5 Å². The quantitative estimate of drug-likeness (QED) is 0.802. The Bertz CT molecular complexity index is 671. The van der Waals surface area contributed by atoms with Crippen LogP contribution in [0.2, 0.25) is 0 Å². The lowest BCUT2D eigenvalue weighted by Crippen LogP contribution is -2.38. The van der Waals surface area contributed by atoms with E-state index in [2.05, 4.69) is 6.07 Å². The van der Waals surface area contributed by atoms with E-state index in [0.717, 1.165) is 25.9 Å². The molecule has 1 heterocycles. The van der Waals surface area contributed by atoms with Crippen molar-refractivity contribution in [1.29, 1.82) is 5.26 Å². The van der Waals surface area contributed by atoms with Crippen LogP contribution in [0, 0.1) is 17.2 Å². The number of benzene rings is 1. The summed E-state index contributed by atoms with van der Waals surface area (Å²) in [5.41, 5.74) is 1.17. The average molecular weight is 320 g/mol. The summed E-state index contributed by atoms with van der Waals surface area (Å²) < 4.78 is 32.6. The first-order valence-electron chi connectivity index (χ1n) is 7.65. The number of hydrogen-bond acceptors (Lipinski definition) is 4. The molecule has 1 aromatic carbocycles. The van der Waals surface area contributed by atoms with Gasteiger partial charge in [-0.3, -0.25) is 0 Å². The third-order valence-electron chi connectivity index (χ3n) is 4.18. The highest BCUT2D eigenvalue weighted by Crippen LogP contribution is 2.32. The lowest BCUT2D eigenvalue weighted by atomic mass is 10.1. The minimum Gasteiger partial charge on any atom is -0.381 e. The van der Waals surface area contributed by atoms with Crippen LogP contribution in [0.4, 0.5) is 0 Å². The van der Waals surface area contributed by atoms with Gasteiger partial charge in [-0.1, -0.05) is 12.1 Å². The Morgan fingerprint density at radius 2 is 2.14 bits per heavy atom. The Balaban J connectivity index is 1.75. The van der Waals surface area contributed by atoms with Gasteiger partial charge in [0.15, 0.2) is 0 Å². The van der Waals surface area contributed by atoms with Gasteiger partial charge in [0.25, 0.3) is 0 Å². The van der Waals surface area contributed by atoms with Crippen molar-refractivity contribution in [3.8, 4) is 6.07 Å². The van der Waals surface area contributed by atoms with E-state index in [-0.39, 0.29) is 11.8 Å². The van der Waals surface area contributed by atoms with Crippen LogP contribution in [-0.2, 0) is 20.5 Å². The van der Waals surface area contributed by atoms with Crippen molar-refractivity contribution in [3.05, 3.63) is 35.4 Å². The summed E-state index contributed by atoms with van der Waals surface area (Å²) in [6.07, 6.45) is 2.83. The second kappa shape index (κ2) is 6.37. The highest BCUT2D eigenvalue weighted by atomic mass is 32.2. The molecule has 1 saturated carbocycles. The maximum atomic E-state index is 12.8. The first kappa shape index (κ1) is 15.5. The van der Waals surface area contributed by atoms with E-state index >= 15 is 0 Å². The molecule has 1 aliphatic heterocycles. The molecule has 22 heavy (non-hydrogen) atoms. The largest absolute Gasteiger partial charge is 0.381 e. The summed E-state index contributed by atoms with van der Waals surface area (Å²) in [5, 5.41) is 8.93. The van der Waals surface area contributed by atoms with Crippen LogP contribution < -0.4 is 0 Å². The monoisotopic (exact) mass is 320 g/mol. The molecule has 1 atom stereocenters. The summed E-state index contributed by atoms with van der Waals surface area (Å²) in [6.45, 7) is 1.95. The molecule has 1 saturated heterocycles. The van der Waals surface area contributed by atoms with E-state index in [4.69, 9.17) is 10.00 Å². The van der Waals surface area contributed by atoms with Gasteiger partial charge in [0.05, 0.1) is 24.0 Å². The van der Waals surface area contributed by atoms with Crippen molar-refractivity contribution in [2.75, 3.05) is 19.8 Å².